The van der Waals surface area contributed by atoms with Crippen molar-refractivity contribution in [2.45, 2.75) is 76.7 Å². The lowest BCUT2D eigenvalue weighted by Crippen LogP contribution is -2.46. The van der Waals surface area contributed by atoms with E-state index in [0.29, 0.717) is 12.7 Å². The monoisotopic (exact) mass is 334 g/mol. The van der Waals surface area contributed by atoms with Crippen molar-refractivity contribution in [3.8, 4) is 0 Å². The first-order valence-corrected chi connectivity index (χ1v) is 9.30. The van der Waals surface area contributed by atoms with Crippen molar-refractivity contribution in [3.05, 3.63) is 33.7 Å². The van der Waals surface area contributed by atoms with E-state index in [-0.39, 0.29) is 23.7 Å². The van der Waals surface area contributed by atoms with E-state index in [1.165, 1.54) is 0 Å². The highest BCUT2D eigenvalue weighted by Gasteiger charge is 2.30. The van der Waals surface area contributed by atoms with E-state index in [1.807, 2.05) is 24.5 Å². The van der Waals surface area contributed by atoms with E-state index < -0.39 is 0 Å². The molecule has 1 aromatic rings. The summed E-state index contributed by atoms with van der Waals surface area (Å²) in [4.78, 5) is 12.6. The molecule has 0 spiro atoms. The van der Waals surface area contributed by atoms with Crippen molar-refractivity contribution >= 4 is 0 Å². The van der Waals surface area contributed by atoms with Gasteiger partial charge in [-0.3, -0.25) is 4.79 Å². The summed E-state index contributed by atoms with van der Waals surface area (Å²) in [5.74, 6) is 0. The lowest BCUT2D eigenvalue weighted by atomic mass is 9.94. The number of nitrogens with zero attached hydrogens (tertiary/aromatic N) is 1. The number of pyridine rings is 1. The lowest BCUT2D eigenvalue weighted by Gasteiger charge is -2.35. The molecule has 0 unspecified atom stereocenters. The maximum atomic E-state index is 12.6. The molecule has 2 heterocycles. The number of aromatic nitrogens is 1. The molecule has 134 valence electrons. The molecule has 0 amide bonds. The number of aryl methyl sites for hydroxylation is 2. The van der Waals surface area contributed by atoms with Crippen LogP contribution in [0.15, 0.2) is 16.9 Å². The predicted octanol–water partition coefficient (Wildman–Crippen LogP) is 2.34. The fourth-order valence-electron chi connectivity index (χ4n) is 3.99. The van der Waals surface area contributed by atoms with Crippen LogP contribution in [0.3, 0.4) is 0 Å². The molecular formula is C19H30N2O3. The zero-order valence-electron chi connectivity index (χ0n) is 14.9. The van der Waals surface area contributed by atoms with Crippen LogP contribution in [0.25, 0.3) is 0 Å². The summed E-state index contributed by atoms with van der Waals surface area (Å²) in [6, 6.07) is 3.91. The van der Waals surface area contributed by atoms with Crippen LogP contribution >= 0.6 is 0 Å². The molecule has 5 heteroatoms. The summed E-state index contributed by atoms with van der Waals surface area (Å²) in [6.45, 7) is 5.22. The van der Waals surface area contributed by atoms with Crippen molar-refractivity contribution in [2.75, 3.05) is 13.2 Å². The molecule has 2 aliphatic rings. The van der Waals surface area contributed by atoms with Gasteiger partial charge in [-0.1, -0.05) is 6.07 Å². The van der Waals surface area contributed by atoms with Crippen molar-refractivity contribution in [3.63, 3.8) is 0 Å². The minimum Gasteiger partial charge on any atom is -0.379 e. The normalized spacial score (nSPS) is 30.1. The summed E-state index contributed by atoms with van der Waals surface area (Å²) in [7, 11) is 0. The smallest absolute Gasteiger partial charge is 0.254 e. The third-order valence-electron chi connectivity index (χ3n) is 5.48. The number of nitrogens with two attached hydrogens (primary N) is 1. The maximum Gasteiger partial charge on any atom is 0.254 e. The standard InChI is InChI=1S/C19H30N2O3/c1-3-23-15-7-9-16(10-8-15)24-12-18-17(20)11-6-14-5-4-13(2)19(22)21(14)18/h4-5,15-18H,3,6-12,20H2,1-2H3/t15?,16?,17-,18-/m0/s1. The third kappa shape index (κ3) is 3.73. The van der Waals surface area contributed by atoms with Crippen molar-refractivity contribution in [2.24, 2.45) is 5.73 Å². The second kappa shape index (κ2) is 7.81. The second-order valence-corrected chi connectivity index (χ2v) is 7.14. The van der Waals surface area contributed by atoms with Gasteiger partial charge in [-0.2, -0.15) is 0 Å². The third-order valence-corrected chi connectivity index (χ3v) is 5.48. The van der Waals surface area contributed by atoms with E-state index in [0.717, 1.165) is 56.4 Å². The molecule has 0 aromatic carbocycles. The van der Waals surface area contributed by atoms with Gasteiger partial charge in [0.2, 0.25) is 0 Å². The number of hydrogen-bond acceptors (Lipinski definition) is 4. The Kier molecular flexibility index (Phi) is 5.74. The molecule has 5 nitrogen and oxygen atoms in total. The summed E-state index contributed by atoms with van der Waals surface area (Å²) < 4.78 is 13.8. The SMILES string of the molecule is CCOC1CCC(OC[C@H]2[C@@H](N)CCc3ccc(C)c(=O)n32)CC1. The summed E-state index contributed by atoms with van der Waals surface area (Å²) in [5, 5.41) is 0. The van der Waals surface area contributed by atoms with Crippen molar-refractivity contribution < 1.29 is 9.47 Å². The Morgan fingerprint density at radius 2 is 1.79 bits per heavy atom. The molecule has 0 saturated heterocycles. The van der Waals surface area contributed by atoms with Crippen LogP contribution in [0, 0.1) is 6.92 Å². The molecule has 1 aliphatic carbocycles. The van der Waals surface area contributed by atoms with E-state index >= 15 is 0 Å². The van der Waals surface area contributed by atoms with Crippen molar-refractivity contribution in [1.82, 2.24) is 4.57 Å². The van der Waals surface area contributed by atoms with Gasteiger partial charge in [0.1, 0.15) is 0 Å². The number of ether oxygens (including phenoxy) is 2. The second-order valence-electron chi connectivity index (χ2n) is 7.14. The van der Waals surface area contributed by atoms with Gasteiger partial charge in [0, 0.05) is 23.9 Å². The van der Waals surface area contributed by atoms with Gasteiger partial charge in [0.25, 0.3) is 5.56 Å². The largest absolute Gasteiger partial charge is 0.379 e. The summed E-state index contributed by atoms with van der Waals surface area (Å²) in [6.07, 6.45) is 6.61. The van der Waals surface area contributed by atoms with Gasteiger partial charge in [-0.15, -0.1) is 0 Å². The Balaban J connectivity index is 1.64. The van der Waals surface area contributed by atoms with Gasteiger partial charge in [0.05, 0.1) is 24.9 Å². The molecule has 1 fully saturated rings. The highest BCUT2D eigenvalue weighted by atomic mass is 16.5. The minimum absolute atomic E-state index is 0.0169. The molecule has 24 heavy (non-hydrogen) atoms. The lowest BCUT2D eigenvalue weighted by molar-refractivity contribution is -0.0393. The fraction of sp³-hybridized carbons (Fsp3) is 0.737. The molecular weight excluding hydrogens is 304 g/mol. The maximum absolute atomic E-state index is 12.6. The molecule has 1 aliphatic heterocycles. The predicted molar refractivity (Wildman–Crippen MR) is 94.4 cm³/mol. The van der Waals surface area contributed by atoms with Crippen LogP contribution < -0.4 is 11.3 Å². The molecule has 2 N–H and O–H groups in total. The Morgan fingerprint density at radius 3 is 2.46 bits per heavy atom. The highest BCUT2D eigenvalue weighted by molar-refractivity contribution is 5.18. The molecule has 0 radical (unpaired) electrons. The fourth-order valence-corrected chi connectivity index (χ4v) is 3.99. The summed E-state index contributed by atoms with van der Waals surface area (Å²) >= 11 is 0. The van der Waals surface area contributed by atoms with Gasteiger partial charge in [-0.25, -0.2) is 0 Å². The first-order valence-electron chi connectivity index (χ1n) is 9.30. The Hall–Kier alpha value is -1.17. The van der Waals surface area contributed by atoms with Crippen LogP contribution in [0.1, 0.15) is 56.3 Å². The van der Waals surface area contributed by atoms with E-state index in [1.54, 1.807) is 0 Å². The van der Waals surface area contributed by atoms with Crippen LogP contribution in [0.5, 0.6) is 0 Å². The molecule has 0 bridgehead atoms. The number of hydrogen-bond donors (Lipinski definition) is 1. The zero-order chi connectivity index (χ0) is 17.1. The van der Waals surface area contributed by atoms with Gasteiger partial charge >= 0.3 is 0 Å². The van der Waals surface area contributed by atoms with Gasteiger partial charge in [0.15, 0.2) is 0 Å². The van der Waals surface area contributed by atoms with Crippen molar-refractivity contribution in [1.29, 1.82) is 0 Å². The Labute approximate surface area is 144 Å². The minimum atomic E-state index is -0.0502. The molecule has 3 rings (SSSR count). The topological polar surface area (TPSA) is 66.5 Å². The Morgan fingerprint density at radius 1 is 1.12 bits per heavy atom. The first kappa shape index (κ1) is 17.6. The molecule has 1 saturated carbocycles. The van der Waals surface area contributed by atoms with Gasteiger partial charge < -0.3 is 19.8 Å². The molecule has 2 atom stereocenters. The van der Waals surface area contributed by atoms with E-state index in [4.69, 9.17) is 15.2 Å². The average molecular weight is 334 g/mol. The first-order chi connectivity index (χ1) is 11.6. The zero-order valence-corrected chi connectivity index (χ0v) is 14.9. The van der Waals surface area contributed by atoms with Crippen LogP contribution in [0.4, 0.5) is 0 Å². The van der Waals surface area contributed by atoms with Gasteiger partial charge in [-0.05, 0) is 58.4 Å². The molecule has 1 aromatic heterocycles. The number of rotatable bonds is 5. The Bertz CT molecular complexity index is 605. The van der Waals surface area contributed by atoms with E-state index in [9.17, 15) is 4.79 Å². The van der Waals surface area contributed by atoms with Crippen LogP contribution in [0.2, 0.25) is 0 Å². The van der Waals surface area contributed by atoms with E-state index in [2.05, 4.69) is 6.07 Å². The average Bonchev–Trinajstić information content (AvgIpc) is 2.59. The summed E-state index contributed by atoms with van der Waals surface area (Å²) in [5.41, 5.74) is 8.27. The highest BCUT2D eigenvalue weighted by Crippen LogP contribution is 2.27. The van der Waals surface area contributed by atoms with Crippen LogP contribution in [-0.2, 0) is 15.9 Å². The quantitative estimate of drug-likeness (QED) is 0.897. The van der Waals surface area contributed by atoms with Crippen LogP contribution in [-0.4, -0.2) is 36.0 Å². The number of fused-ring (bicyclic) bond motifs is 1.